The zero-order valence-electron chi connectivity index (χ0n) is 21.9. The summed E-state index contributed by atoms with van der Waals surface area (Å²) in [5.41, 5.74) is 5.00. The Labute approximate surface area is 222 Å². The number of halogens is 1. The molecule has 2 aromatic carbocycles. The summed E-state index contributed by atoms with van der Waals surface area (Å²) in [7, 11) is 0. The van der Waals surface area contributed by atoms with Crippen molar-refractivity contribution in [3.8, 4) is 0 Å². The summed E-state index contributed by atoms with van der Waals surface area (Å²) in [6.45, 7) is 11.7. The molecule has 0 bridgehead atoms. The van der Waals surface area contributed by atoms with Gasteiger partial charge in [-0.1, -0.05) is 62.9 Å². The molecular formula is C30H32FN5O2. The van der Waals surface area contributed by atoms with E-state index < -0.39 is 6.23 Å². The van der Waals surface area contributed by atoms with Crippen molar-refractivity contribution in [1.29, 1.82) is 0 Å². The average Bonchev–Trinajstić information content (AvgIpc) is 2.92. The Balaban J connectivity index is 1.63. The number of hydrogen-bond donors (Lipinski definition) is 1. The molecule has 0 saturated carbocycles. The molecular weight excluding hydrogens is 481 g/mol. The van der Waals surface area contributed by atoms with Gasteiger partial charge in [0, 0.05) is 42.9 Å². The van der Waals surface area contributed by atoms with Gasteiger partial charge in [0.15, 0.2) is 6.23 Å². The van der Waals surface area contributed by atoms with E-state index in [1.807, 2.05) is 36.1 Å². The Morgan fingerprint density at radius 1 is 1.08 bits per heavy atom. The van der Waals surface area contributed by atoms with Crippen molar-refractivity contribution in [1.82, 2.24) is 14.8 Å². The molecule has 1 atom stereocenters. The first-order chi connectivity index (χ1) is 18.3. The molecule has 2 aromatic rings. The SMILES string of the molecule is C=CC(=O)N1CCN(C2=NC(O)C(c3ccccc3C(C)C)=C3C=C(c4ccccc4F)C(C)=NN23)CC1. The van der Waals surface area contributed by atoms with Crippen molar-refractivity contribution in [3.63, 3.8) is 0 Å². The summed E-state index contributed by atoms with van der Waals surface area (Å²) in [5, 5.41) is 18.1. The standard InChI is InChI=1S/C30H32FN5O2/c1-5-27(37)34-14-16-35(17-15-34)30-32-29(38)28(23-12-7-6-10-21(23)19(2)3)26-18-24(20(4)33-36(26)30)22-11-8-9-13-25(22)31/h5-13,18-19,29,38H,1,14-17H2,2-4H3. The minimum absolute atomic E-state index is 0.104. The van der Waals surface area contributed by atoms with Crippen LogP contribution in [-0.2, 0) is 4.79 Å². The maximum absolute atomic E-state index is 14.9. The van der Waals surface area contributed by atoms with Crippen molar-refractivity contribution in [2.75, 3.05) is 26.2 Å². The molecule has 1 unspecified atom stereocenters. The summed E-state index contributed by atoms with van der Waals surface area (Å²) >= 11 is 0. The largest absolute Gasteiger partial charge is 0.368 e. The number of amides is 1. The van der Waals surface area contributed by atoms with Crippen molar-refractivity contribution >= 4 is 28.7 Å². The molecule has 3 aliphatic rings. The van der Waals surface area contributed by atoms with Crippen LogP contribution in [0.3, 0.4) is 0 Å². The number of hydrogen-bond acceptors (Lipinski definition) is 6. The number of aliphatic hydroxyl groups is 1. The van der Waals surface area contributed by atoms with Gasteiger partial charge in [0.1, 0.15) is 5.82 Å². The Hall–Kier alpha value is -4.04. The van der Waals surface area contributed by atoms with E-state index in [4.69, 9.17) is 10.1 Å². The Morgan fingerprint density at radius 2 is 1.74 bits per heavy atom. The molecule has 1 fully saturated rings. The van der Waals surface area contributed by atoms with Gasteiger partial charge in [0.2, 0.25) is 11.9 Å². The molecule has 0 aromatic heterocycles. The molecule has 38 heavy (non-hydrogen) atoms. The molecule has 0 radical (unpaired) electrons. The second-order valence-electron chi connectivity index (χ2n) is 9.90. The number of hydrazone groups is 1. The van der Waals surface area contributed by atoms with Gasteiger partial charge in [-0.25, -0.2) is 9.38 Å². The number of benzene rings is 2. The number of fused-ring (bicyclic) bond motifs is 1. The molecule has 196 valence electrons. The van der Waals surface area contributed by atoms with Gasteiger partial charge < -0.3 is 14.9 Å². The first kappa shape index (κ1) is 25.6. The number of guanidine groups is 1. The molecule has 1 saturated heterocycles. The number of aliphatic imine (C=N–C) groups is 1. The van der Waals surface area contributed by atoms with Crippen molar-refractivity contribution in [3.05, 3.63) is 95.5 Å². The van der Waals surface area contributed by atoms with Gasteiger partial charge in [-0.2, -0.15) is 10.1 Å². The van der Waals surface area contributed by atoms with Gasteiger partial charge in [-0.05, 0) is 42.2 Å². The van der Waals surface area contributed by atoms with Crippen LogP contribution in [0.15, 0.2) is 83.1 Å². The summed E-state index contributed by atoms with van der Waals surface area (Å²) in [6, 6.07) is 14.6. The third-order valence-corrected chi connectivity index (χ3v) is 7.20. The van der Waals surface area contributed by atoms with E-state index in [-0.39, 0.29) is 17.6 Å². The first-order valence-corrected chi connectivity index (χ1v) is 12.9. The first-order valence-electron chi connectivity index (χ1n) is 12.9. The third kappa shape index (κ3) is 4.56. The quantitative estimate of drug-likeness (QED) is 0.613. The van der Waals surface area contributed by atoms with Crippen LogP contribution in [0.2, 0.25) is 0 Å². The number of nitrogens with zero attached hydrogens (tertiary/aromatic N) is 5. The van der Waals surface area contributed by atoms with E-state index in [0.717, 1.165) is 11.1 Å². The fraction of sp³-hybridized carbons (Fsp3) is 0.300. The summed E-state index contributed by atoms with van der Waals surface area (Å²) in [5.74, 6) is 0.282. The van der Waals surface area contributed by atoms with Gasteiger partial charge in [-0.3, -0.25) is 4.79 Å². The van der Waals surface area contributed by atoms with E-state index in [1.165, 1.54) is 12.1 Å². The van der Waals surface area contributed by atoms with E-state index >= 15 is 0 Å². The van der Waals surface area contributed by atoms with Crippen LogP contribution in [0.25, 0.3) is 11.1 Å². The van der Waals surface area contributed by atoms with Gasteiger partial charge in [-0.15, -0.1) is 0 Å². The maximum Gasteiger partial charge on any atom is 0.246 e. The van der Waals surface area contributed by atoms with Crippen LogP contribution in [0.5, 0.6) is 0 Å². The predicted molar refractivity (Wildman–Crippen MR) is 149 cm³/mol. The third-order valence-electron chi connectivity index (χ3n) is 7.20. The smallest absolute Gasteiger partial charge is 0.246 e. The van der Waals surface area contributed by atoms with Crippen LogP contribution < -0.4 is 0 Å². The molecule has 1 N–H and O–H groups in total. The molecule has 3 aliphatic heterocycles. The summed E-state index contributed by atoms with van der Waals surface area (Å²) in [4.78, 5) is 20.6. The zero-order chi connectivity index (χ0) is 27.0. The van der Waals surface area contributed by atoms with E-state index in [0.29, 0.717) is 60.3 Å². The number of carbonyl (C=O) groups excluding carboxylic acids is 1. The highest BCUT2D eigenvalue weighted by Gasteiger charge is 2.37. The van der Waals surface area contributed by atoms with Crippen molar-refractivity contribution in [2.24, 2.45) is 10.1 Å². The number of carbonyl (C=O) groups is 1. The number of aliphatic hydroxyl groups excluding tert-OH is 1. The lowest BCUT2D eigenvalue weighted by Crippen LogP contribution is -2.55. The molecule has 1 amide bonds. The fourth-order valence-corrected chi connectivity index (χ4v) is 5.21. The monoisotopic (exact) mass is 513 g/mol. The van der Waals surface area contributed by atoms with Crippen LogP contribution in [0.1, 0.15) is 43.4 Å². The normalized spacial score (nSPS) is 19.7. The highest BCUT2D eigenvalue weighted by atomic mass is 19.1. The Morgan fingerprint density at radius 3 is 2.39 bits per heavy atom. The Bertz CT molecular complexity index is 1400. The second kappa shape index (κ2) is 10.4. The molecule has 0 spiro atoms. The van der Waals surface area contributed by atoms with Gasteiger partial charge in [0.25, 0.3) is 0 Å². The number of allylic oxidation sites excluding steroid dienone is 2. The minimum Gasteiger partial charge on any atom is -0.368 e. The summed E-state index contributed by atoms with van der Waals surface area (Å²) in [6.07, 6.45) is 2.09. The van der Waals surface area contributed by atoms with Gasteiger partial charge in [0.05, 0.1) is 11.4 Å². The number of piperazine rings is 1. The lowest BCUT2D eigenvalue weighted by atomic mass is 9.88. The number of rotatable bonds is 4. The molecule has 0 aliphatic carbocycles. The molecule has 5 rings (SSSR count). The van der Waals surface area contributed by atoms with Crippen LogP contribution in [-0.4, -0.2) is 69.9 Å². The predicted octanol–water partition coefficient (Wildman–Crippen LogP) is 4.45. The van der Waals surface area contributed by atoms with Crippen LogP contribution in [0.4, 0.5) is 4.39 Å². The van der Waals surface area contributed by atoms with Crippen LogP contribution in [0, 0.1) is 5.82 Å². The van der Waals surface area contributed by atoms with Crippen molar-refractivity contribution < 1.29 is 14.3 Å². The lowest BCUT2D eigenvalue weighted by Gasteiger charge is -2.42. The topological polar surface area (TPSA) is 71.7 Å². The minimum atomic E-state index is -1.14. The molecule has 8 heteroatoms. The highest BCUT2D eigenvalue weighted by molar-refractivity contribution is 6.24. The van der Waals surface area contributed by atoms with E-state index in [9.17, 15) is 14.3 Å². The van der Waals surface area contributed by atoms with Gasteiger partial charge >= 0.3 is 0 Å². The zero-order valence-corrected chi connectivity index (χ0v) is 21.9. The van der Waals surface area contributed by atoms with Crippen molar-refractivity contribution in [2.45, 2.75) is 32.9 Å². The maximum atomic E-state index is 14.9. The van der Waals surface area contributed by atoms with E-state index in [2.05, 4.69) is 26.5 Å². The molecule has 3 heterocycles. The highest BCUT2D eigenvalue weighted by Crippen LogP contribution is 2.39. The molecule has 7 nitrogen and oxygen atoms in total. The second-order valence-corrected chi connectivity index (χ2v) is 9.90. The van der Waals surface area contributed by atoms with Crippen LogP contribution >= 0.6 is 0 Å². The Kier molecular flexibility index (Phi) is 6.99. The van der Waals surface area contributed by atoms with E-state index in [1.54, 1.807) is 28.1 Å². The average molecular weight is 514 g/mol. The lowest BCUT2D eigenvalue weighted by molar-refractivity contribution is -0.127. The fourth-order valence-electron chi connectivity index (χ4n) is 5.21. The summed E-state index contributed by atoms with van der Waals surface area (Å²) < 4.78 is 14.9.